The van der Waals surface area contributed by atoms with Crippen LogP contribution < -0.4 is 10.1 Å². The molecule has 0 radical (unpaired) electrons. The molecule has 1 amide bonds. The molecule has 130 valence electrons. The van der Waals surface area contributed by atoms with E-state index in [4.69, 9.17) is 10.00 Å². The first-order valence-corrected chi connectivity index (χ1v) is 8.51. The molecule has 0 aliphatic carbocycles. The lowest BCUT2D eigenvalue weighted by atomic mass is 9.88. The molecule has 0 fully saturated rings. The smallest absolute Gasteiger partial charge is 0.260 e. The lowest BCUT2D eigenvalue weighted by Crippen LogP contribution is -2.39. The molecule has 0 heterocycles. The Hall–Kier alpha value is -2.80. The zero-order valence-corrected chi connectivity index (χ0v) is 14.9. The first-order valence-electron chi connectivity index (χ1n) is 8.51. The molecule has 2 rings (SSSR count). The first-order chi connectivity index (χ1) is 12.0. The lowest BCUT2D eigenvalue weighted by molar-refractivity contribution is -0.127. The molecule has 25 heavy (non-hydrogen) atoms. The predicted octanol–water partition coefficient (Wildman–Crippen LogP) is 3.88. The van der Waals surface area contributed by atoms with Crippen LogP contribution in [0.1, 0.15) is 37.8 Å². The highest BCUT2D eigenvalue weighted by atomic mass is 16.5. The van der Waals surface area contributed by atoms with Crippen LogP contribution in [0.25, 0.3) is 0 Å². The van der Waals surface area contributed by atoms with E-state index >= 15 is 0 Å². The van der Waals surface area contributed by atoms with Crippen LogP contribution in [0.2, 0.25) is 0 Å². The number of hydrogen-bond donors (Lipinski definition) is 1. The zero-order valence-electron chi connectivity index (χ0n) is 14.9. The summed E-state index contributed by atoms with van der Waals surface area (Å²) in [4.78, 5) is 12.4. The lowest BCUT2D eigenvalue weighted by Gasteiger charge is -2.23. The highest BCUT2D eigenvalue weighted by Gasteiger charge is 2.20. The van der Waals surface area contributed by atoms with Crippen LogP contribution in [0.4, 0.5) is 0 Å². The van der Waals surface area contributed by atoms with Gasteiger partial charge in [0, 0.05) is 12.5 Å². The third-order valence-corrected chi connectivity index (χ3v) is 4.21. The van der Waals surface area contributed by atoms with Gasteiger partial charge >= 0.3 is 0 Å². The minimum Gasteiger partial charge on any atom is -0.480 e. The molecular formula is C21H24N2O2. The third kappa shape index (κ3) is 5.09. The number of nitrogens with one attached hydrogen (secondary N) is 1. The topological polar surface area (TPSA) is 62.1 Å². The summed E-state index contributed by atoms with van der Waals surface area (Å²) >= 11 is 0. The van der Waals surface area contributed by atoms with Gasteiger partial charge in [0.05, 0.1) is 5.56 Å². The van der Waals surface area contributed by atoms with Gasteiger partial charge in [-0.15, -0.1) is 0 Å². The van der Waals surface area contributed by atoms with E-state index in [2.05, 4.69) is 37.4 Å². The Bertz CT molecular complexity index is 735. The van der Waals surface area contributed by atoms with Crippen LogP contribution in [0.3, 0.4) is 0 Å². The SMILES string of the molecule is CC(Oc1ccccc1C#N)C(=O)NCC(c1ccccc1)C(C)C. The first kappa shape index (κ1) is 18.5. The number of carbonyl (C=O) groups excluding carboxylic acids is 1. The number of ether oxygens (including phenoxy) is 1. The molecule has 0 saturated carbocycles. The normalized spacial score (nSPS) is 12.9. The Kier molecular flexibility index (Phi) is 6.59. The molecular weight excluding hydrogens is 312 g/mol. The van der Waals surface area contributed by atoms with E-state index in [9.17, 15) is 4.79 Å². The van der Waals surface area contributed by atoms with Gasteiger partial charge in [0.25, 0.3) is 5.91 Å². The van der Waals surface area contributed by atoms with E-state index in [1.165, 1.54) is 5.56 Å². The second-order valence-corrected chi connectivity index (χ2v) is 6.37. The second-order valence-electron chi connectivity index (χ2n) is 6.37. The number of carbonyl (C=O) groups is 1. The van der Waals surface area contributed by atoms with Crippen molar-refractivity contribution < 1.29 is 9.53 Å². The van der Waals surface area contributed by atoms with Crippen LogP contribution in [0, 0.1) is 17.2 Å². The van der Waals surface area contributed by atoms with Gasteiger partial charge < -0.3 is 10.1 Å². The highest BCUT2D eigenvalue weighted by molar-refractivity contribution is 5.80. The van der Waals surface area contributed by atoms with E-state index in [1.807, 2.05) is 18.2 Å². The Morgan fingerprint density at radius 1 is 1.08 bits per heavy atom. The second kappa shape index (κ2) is 8.89. The van der Waals surface area contributed by atoms with E-state index in [0.717, 1.165) is 0 Å². The third-order valence-electron chi connectivity index (χ3n) is 4.21. The van der Waals surface area contributed by atoms with Crippen molar-refractivity contribution >= 4 is 5.91 Å². The van der Waals surface area contributed by atoms with Gasteiger partial charge in [-0.3, -0.25) is 4.79 Å². The Morgan fingerprint density at radius 3 is 2.36 bits per heavy atom. The number of nitrogens with zero attached hydrogens (tertiary/aromatic N) is 1. The van der Waals surface area contributed by atoms with Crippen LogP contribution in [-0.4, -0.2) is 18.6 Å². The van der Waals surface area contributed by atoms with E-state index in [1.54, 1.807) is 31.2 Å². The van der Waals surface area contributed by atoms with E-state index < -0.39 is 6.10 Å². The molecule has 2 aromatic carbocycles. The van der Waals surface area contributed by atoms with E-state index in [0.29, 0.717) is 23.8 Å². The molecule has 0 aromatic heterocycles. The minimum atomic E-state index is -0.668. The van der Waals surface area contributed by atoms with Gasteiger partial charge in [-0.05, 0) is 30.5 Å². The zero-order chi connectivity index (χ0) is 18.2. The molecule has 0 saturated heterocycles. The summed E-state index contributed by atoms with van der Waals surface area (Å²) in [6.45, 7) is 6.53. The van der Waals surface area contributed by atoms with Gasteiger partial charge in [0.1, 0.15) is 11.8 Å². The number of para-hydroxylation sites is 1. The predicted molar refractivity (Wildman–Crippen MR) is 98.3 cm³/mol. The summed E-state index contributed by atoms with van der Waals surface area (Å²) in [6.07, 6.45) is -0.668. The Morgan fingerprint density at radius 2 is 1.72 bits per heavy atom. The summed E-state index contributed by atoms with van der Waals surface area (Å²) in [6, 6.07) is 19.2. The fraction of sp³-hybridized carbons (Fsp3) is 0.333. The Labute approximate surface area is 149 Å². The van der Waals surface area contributed by atoms with Crippen molar-refractivity contribution in [2.75, 3.05) is 6.54 Å². The molecule has 0 aliphatic rings. The van der Waals surface area contributed by atoms with Crippen LogP contribution in [0.5, 0.6) is 5.75 Å². The molecule has 0 bridgehead atoms. The molecule has 2 unspecified atom stereocenters. The van der Waals surface area contributed by atoms with Gasteiger partial charge in [0.2, 0.25) is 0 Å². The average molecular weight is 336 g/mol. The molecule has 4 nitrogen and oxygen atoms in total. The Balaban J connectivity index is 1.97. The number of benzene rings is 2. The number of nitriles is 1. The number of rotatable bonds is 7. The molecule has 2 atom stereocenters. The van der Waals surface area contributed by atoms with Crippen molar-refractivity contribution in [3.05, 3.63) is 65.7 Å². The maximum Gasteiger partial charge on any atom is 0.260 e. The average Bonchev–Trinajstić information content (AvgIpc) is 2.62. The van der Waals surface area contributed by atoms with Crippen molar-refractivity contribution in [2.45, 2.75) is 32.8 Å². The van der Waals surface area contributed by atoms with Gasteiger partial charge in [-0.2, -0.15) is 5.26 Å². The van der Waals surface area contributed by atoms with Gasteiger partial charge in [-0.25, -0.2) is 0 Å². The molecule has 0 spiro atoms. The van der Waals surface area contributed by atoms with Crippen molar-refractivity contribution in [3.8, 4) is 11.8 Å². The molecule has 1 N–H and O–H groups in total. The monoisotopic (exact) mass is 336 g/mol. The summed E-state index contributed by atoms with van der Waals surface area (Å²) in [5, 5.41) is 12.1. The molecule has 2 aromatic rings. The maximum absolute atomic E-state index is 12.4. The molecule has 0 aliphatic heterocycles. The summed E-state index contributed by atoms with van der Waals surface area (Å²) in [5.74, 6) is 0.882. The summed E-state index contributed by atoms with van der Waals surface area (Å²) in [5.41, 5.74) is 1.63. The fourth-order valence-electron chi connectivity index (χ4n) is 2.70. The summed E-state index contributed by atoms with van der Waals surface area (Å²) < 4.78 is 5.66. The fourth-order valence-corrected chi connectivity index (χ4v) is 2.70. The largest absolute Gasteiger partial charge is 0.480 e. The van der Waals surface area contributed by atoms with Crippen molar-refractivity contribution in [1.29, 1.82) is 5.26 Å². The number of hydrogen-bond acceptors (Lipinski definition) is 3. The summed E-state index contributed by atoms with van der Waals surface area (Å²) in [7, 11) is 0. The maximum atomic E-state index is 12.4. The quantitative estimate of drug-likeness (QED) is 0.834. The van der Waals surface area contributed by atoms with Crippen LogP contribution in [-0.2, 0) is 4.79 Å². The number of amides is 1. The minimum absolute atomic E-state index is 0.186. The van der Waals surface area contributed by atoms with Crippen molar-refractivity contribution in [1.82, 2.24) is 5.32 Å². The van der Waals surface area contributed by atoms with Gasteiger partial charge in [-0.1, -0.05) is 56.3 Å². The van der Waals surface area contributed by atoms with Crippen molar-refractivity contribution in [2.24, 2.45) is 5.92 Å². The van der Waals surface area contributed by atoms with E-state index in [-0.39, 0.29) is 11.8 Å². The van der Waals surface area contributed by atoms with Crippen LogP contribution >= 0.6 is 0 Å². The van der Waals surface area contributed by atoms with Crippen LogP contribution in [0.15, 0.2) is 54.6 Å². The highest BCUT2D eigenvalue weighted by Crippen LogP contribution is 2.23. The van der Waals surface area contributed by atoms with Gasteiger partial charge in [0.15, 0.2) is 6.10 Å². The standard InChI is InChI=1S/C21H24N2O2/c1-15(2)19(17-9-5-4-6-10-17)14-23-21(24)16(3)25-20-12-8-7-11-18(20)13-22/h4-12,15-16,19H,14H2,1-3H3,(H,23,24). The van der Waals surface area contributed by atoms with Crippen molar-refractivity contribution in [3.63, 3.8) is 0 Å². The molecule has 4 heteroatoms.